The molecule has 3 heterocycles. The van der Waals surface area contributed by atoms with Gasteiger partial charge in [-0.25, -0.2) is 9.97 Å². The molecule has 0 radical (unpaired) electrons. The fourth-order valence-electron chi connectivity index (χ4n) is 7.51. The summed E-state index contributed by atoms with van der Waals surface area (Å²) < 4.78 is 4.33. The van der Waals surface area contributed by atoms with Crippen LogP contribution in [0.5, 0.6) is 0 Å². The highest BCUT2D eigenvalue weighted by Gasteiger charge is 2.18. The lowest BCUT2D eigenvalue weighted by Gasteiger charge is -2.14. The average molecular weight is 667 g/mol. The highest BCUT2D eigenvalue weighted by atomic mass is 15.1. The van der Waals surface area contributed by atoms with Gasteiger partial charge < -0.3 is 0 Å². The van der Waals surface area contributed by atoms with E-state index < -0.39 is 0 Å². The lowest BCUT2D eigenvalue weighted by molar-refractivity contribution is 1.05. The Morgan fingerprint density at radius 1 is 0.481 bits per heavy atom. The van der Waals surface area contributed by atoms with Crippen molar-refractivity contribution in [2.24, 2.45) is 0 Å². The molecule has 0 aliphatic heterocycles. The molecular formula is C48H34N4. The van der Waals surface area contributed by atoms with Crippen LogP contribution in [0.1, 0.15) is 22.6 Å². The second kappa shape index (κ2) is 12.4. The summed E-state index contributed by atoms with van der Waals surface area (Å²) in [6.45, 7) is 16.4. The SMILES string of the molecule is C=Cc1nc(-c2ccc(-c3ccc4cc(-c5ccc6c(c5)c(C=C)c(C=C)n5c7ccccc7nc65)ccc4c3)cc2)n(-c2ccccc2)c1C=C. The monoisotopic (exact) mass is 666 g/mol. The van der Waals surface area contributed by atoms with Crippen LogP contribution in [0.3, 0.4) is 0 Å². The minimum Gasteiger partial charge on any atom is -0.292 e. The fourth-order valence-corrected chi connectivity index (χ4v) is 7.51. The number of pyridine rings is 1. The van der Waals surface area contributed by atoms with Crippen LogP contribution in [-0.4, -0.2) is 18.9 Å². The van der Waals surface area contributed by atoms with Crippen LogP contribution in [0.2, 0.25) is 0 Å². The van der Waals surface area contributed by atoms with Gasteiger partial charge in [0, 0.05) is 22.2 Å². The van der Waals surface area contributed by atoms with Gasteiger partial charge in [0.15, 0.2) is 0 Å². The summed E-state index contributed by atoms with van der Waals surface area (Å²) in [6.07, 6.45) is 7.46. The molecule has 0 saturated carbocycles. The van der Waals surface area contributed by atoms with E-state index in [2.05, 4.69) is 138 Å². The number of imidazole rings is 2. The first-order chi connectivity index (χ1) is 25.6. The molecule has 0 aliphatic carbocycles. The Balaban J connectivity index is 1.07. The van der Waals surface area contributed by atoms with Crippen molar-refractivity contribution in [3.8, 4) is 39.3 Å². The molecule has 4 nitrogen and oxygen atoms in total. The Morgan fingerprint density at radius 3 is 1.79 bits per heavy atom. The molecule has 0 saturated heterocycles. The largest absolute Gasteiger partial charge is 0.292 e. The fraction of sp³-hybridized carbons (Fsp3) is 0. The summed E-state index contributed by atoms with van der Waals surface area (Å²) in [6, 6.07) is 47.1. The minimum absolute atomic E-state index is 0.808. The van der Waals surface area contributed by atoms with Gasteiger partial charge in [-0.15, -0.1) is 0 Å². The zero-order valence-corrected chi connectivity index (χ0v) is 28.6. The summed E-state index contributed by atoms with van der Waals surface area (Å²) in [5.74, 6) is 0.853. The summed E-state index contributed by atoms with van der Waals surface area (Å²) >= 11 is 0. The molecular weight excluding hydrogens is 633 g/mol. The van der Waals surface area contributed by atoms with Crippen molar-refractivity contribution < 1.29 is 0 Å². The molecule has 52 heavy (non-hydrogen) atoms. The summed E-state index contributed by atoms with van der Waals surface area (Å²) in [5, 5.41) is 4.56. The quantitative estimate of drug-likeness (QED) is 0.162. The minimum atomic E-state index is 0.808. The standard InChI is InChI=1S/C48H34N4/c1-5-39-41-30-37(26-27-40(41)48-50-43-16-12-13-17-46(43)52(48)44(39)7-3)36-25-24-34-28-33(22-23-35(34)29-36)31-18-20-32(21-19-31)47-49-42(6-2)45(8-4)51(47)38-14-10-9-11-15-38/h5-30H,1-4H2. The lowest BCUT2D eigenvalue weighted by atomic mass is 9.95. The van der Waals surface area contributed by atoms with E-state index in [9.17, 15) is 0 Å². The Morgan fingerprint density at radius 2 is 1.10 bits per heavy atom. The second-order valence-corrected chi connectivity index (χ2v) is 12.9. The van der Waals surface area contributed by atoms with E-state index in [1.165, 1.54) is 10.8 Å². The Hall–Kier alpha value is -7.04. The van der Waals surface area contributed by atoms with Crippen LogP contribution < -0.4 is 0 Å². The third kappa shape index (κ3) is 4.84. The number of aromatic nitrogens is 4. The van der Waals surface area contributed by atoms with E-state index in [1.807, 2.05) is 48.6 Å². The third-order valence-electron chi connectivity index (χ3n) is 10.0. The Labute approximate surface area is 302 Å². The summed E-state index contributed by atoms with van der Waals surface area (Å²) in [4.78, 5) is 9.96. The van der Waals surface area contributed by atoms with Gasteiger partial charge in [-0.3, -0.25) is 8.97 Å². The maximum atomic E-state index is 5.02. The van der Waals surface area contributed by atoms with Crippen molar-refractivity contribution in [1.29, 1.82) is 0 Å². The molecule has 0 amide bonds. The molecule has 0 unspecified atom stereocenters. The zero-order chi connectivity index (χ0) is 35.3. The normalized spacial score (nSPS) is 11.4. The molecule has 3 aromatic heterocycles. The first-order valence-electron chi connectivity index (χ1n) is 17.3. The van der Waals surface area contributed by atoms with Crippen LogP contribution in [0.4, 0.5) is 0 Å². The van der Waals surface area contributed by atoms with Gasteiger partial charge in [0.2, 0.25) is 0 Å². The molecule has 0 aliphatic rings. The first kappa shape index (κ1) is 31.0. The van der Waals surface area contributed by atoms with Crippen molar-refractivity contribution in [2.45, 2.75) is 0 Å². The topological polar surface area (TPSA) is 35.1 Å². The summed E-state index contributed by atoms with van der Waals surface area (Å²) in [5.41, 5.74) is 13.4. The predicted octanol–water partition coefficient (Wildman–Crippen LogP) is 12.6. The molecule has 246 valence electrons. The molecule has 4 heteroatoms. The van der Waals surface area contributed by atoms with Crippen LogP contribution in [0.25, 0.3) is 102 Å². The van der Waals surface area contributed by atoms with Crippen LogP contribution in [-0.2, 0) is 0 Å². The van der Waals surface area contributed by atoms with Gasteiger partial charge in [-0.2, -0.15) is 0 Å². The molecule has 0 bridgehead atoms. The maximum Gasteiger partial charge on any atom is 0.146 e. The van der Waals surface area contributed by atoms with Crippen molar-refractivity contribution in [3.63, 3.8) is 0 Å². The van der Waals surface area contributed by atoms with Crippen LogP contribution in [0, 0.1) is 0 Å². The zero-order valence-electron chi connectivity index (χ0n) is 28.6. The van der Waals surface area contributed by atoms with Crippen molar-refractivity contribution >= 4 is 62.5 Å². The summed E-state index contributed by atoms with van der Waals surface area (Å²) in [7, 11) is 0. The molecule has 0 atom stereocenters. The smallest absolute Gasteiger partial charge is 0.146 e. The number of hydrogen-bond acceptors (Lipinski definition) is 2. The van der Waals surface area contributed by atoms with Gasteiger partial charge in [-0.05, 0) is 105 Å². The Bertz CT molecular complexity index is 2900. The number of rotatable bonds is 8. The van der Waals surface area contributed by atoms with Gasteiger partial charge >= 0.3 is 0 Å². The second-order valence-electron chi connectivity index (χ2n) is 12.9. The van der Waals surface area contributed by atoms with E-state index >= 15 is 0 Å². The maximum absolute atomic E-state index is 5.02. The lowest BCUT2D eigenvalue weighted by Crippen LogP contribution is -1.99. The highest BCUT2D eigenvalue weighted by Crippen LogP contribution is 2.36. The predicted molar refractivity (Wildman–Crippen MR) is 222 cm³/mol. The molecule has 0 fully saturated rings. The van der Waals surface area contributed by atoms with E-state index in [-0.39, 0.29) is 0 Å². The van der Waals surface area contributed by atoms with E-state index in [1.54, 1.807) is 6.08 Å². The highest BCUT2D eigenvalue weighted by molar-refractivity contribution is 6.06. The number of nitrogens with zero attached hydrogens (tertiary/aromatic N) is 4. The first-order valence-corrected chi connectivity index (χ1v) is 17.3. The molecule has 6 aromatic carbocycles. The number of hydrogen-bond donors (Lipinski definition) is 0. The van der Waals surface area contributed by atoms with Crippen LogP contribution in [0.15, 0.2) is 160 Å². The molecule has 0 N–H and O–H groups in total. The van der Waals surface area contributed by atoms with E-state index in [0.29, 0.717) is 0 Å². The van der Waals surface area contributed by atoms with Gasteiger partial charge in [-0.1, -0.05) is 117 Å². The van der Waals surface area contributed by atoms with Gasteiger partial charge in [0.05, 0.1) is 28.1 Å². The van der Waals surface area contributed by atoms with E-state index in [4.69, 9.17) is 9.97 Å². The molecule has 9 aromatic rings. The van der Waals surface area contributed by atoms with Gasteiger partial charge in [0.1, 0.15) is 11.5 Å². The van der Waals surface area contributed by atoms with E-state index in [0.717, 1.165) is 89.4 Å². The Kier molecular flexibility index (Phi) is 7.37. The van der Waals surface area contributed by atoms with Crippen molar-refractivity contribution in [3.05, 3.63) is 182 Å². The number of fused-ring (bicyclic) bond motifs is 6. The number of para-hydroxylation sites is 3. The molecule has 0 spiro atoms. The average Bonchev–Trinajstić information content (AvgIpc) is 3.79. The van der Waals surface area contributed by atoms with Crippen molar-refractivity contribution in [1.82, 2.24) is 18.9 Å². The van der Waals surface area contributed by atoms with Gasteiger partial charge in [0.25, 0.3) is 0 Å². The van der Waals surface area contributed by atoms with Crippen LogP contribution >= 0.6 is 0 Å². The molecule has 9 rings (SSSR count). The van der Waals surface area contributed by atoms with Crippen molar-refractivity contribution in [2.75, 3.05) is 0 Å². The number of benzene rings is 6. The third-order valence-corrected chi connectivity index (χ3v) is 10.0.